The summed E-state index contributed by atoms with van der Waals surface area (Å²) in [5.41, 5.74) is 2.71. The number of fused-ring (bicyclic) bond motifs is 1. The number of ketones is 1. The minimum Gasteiger partial charge on any atom is -0.355 e. The third-order valence-electron chi connectivity index (χ3n) is 6.91. The second-order valence-electron chi connectivity index (χ2n) is 10.0. The van der Waals surface area contributed by atoms with E-state index >= 15 is 0 Å². The summed E-state index contributed by atoms with van der Waals surface area (Å²) >= 11 is 6.27. The molecule has 222 valence electrons. The van der Waals surface area contributed by atoms with Gasteiger partial charge in [-0.2, -0.15) is 0 Å². The van der Waals surface area contributed by atoms with Crippen LogP contribution in [0.1, 0.15) is 56.1 Å². The molecule has 0 spiro atoms. The molecule has 1 amide bonds. The van der Waals surface area contributed by atoms with Crippen molar-refractivity contribution in [2.75, 3.05) is 7.05 Å². The van der Waals surface area contributed by atoms with Crippen LogP contribution < -0.4 is 10.9 Å². The minimum atomic E-state index is -1.01. The lowest BCUT2D eigenvalue weighted by molar-refractivity contribution is 0.0960. The zero-order valence-corrected chi connectivity index (χ0v) is 24.3. The first-order chi connectivity index (χ1) is 21.2. The first-order valence-corrected chi connectivity index (χ1v) is 14.0. The van der Waals surface area contributed by atoms with E-state index in [4.69, 9.17) is 11.6 Å². The highest BCUT2D eigenvalue weighted by Crippen LogP contribution is 2.21. The molecule has 1 N–H and O–H groups in total. The lowest BCUT2D eigenvalue weighted by atomic mass is 10.1. The number of aromatic nitrogens is 4. The number of nitrogens with one attached hydrogen (secondary N) is 1. The van der Waals surface area contributed by atoms with Crippen LogP contribution in [0.15, 0.2) is 84.2 Å². The monoisotopic (exact) mass is 613 g/mol. The number of carbonyl (C=O) groups excluding carboxylic acids is 2. The second kappa shape index (κ2) is 13.5. The lowest BCUT2D eigenvalue weighted by Crippen LogP contribution is -2.27. The molecule has 0 fully saturated rings. The standard InChI is InChI=1S/C33H26ClF2N5O3/c1-37-32(43)24-9-6-21(13-26(24)34)15-31-39-16-23-12-20(8-11-29(23)40-31)4-2-3-5-30(42)25-17-38-19-41(33(25)44)18-22-7-10-27(35)28(36)14-22/h2,4,6-14,16-17,19H,3,5,15,18H2,1H3,(H,37,43)/b4-2+. The maximum Gasteiger partial charge on any atom is 0.264 e. The molecule has 0 saturated carbocycles. The third kappa shape index (κ3) is 7.09. The molecule has 0 aliphatic rings. The van der Waals surface area contributed by atoms with E-state index in [-0.39, 0.29) is 30.2 Å². The van der Waals surface area contributed by atoms with Gasteiger partial charge in [0.2, 0.25) is 0 Å². The van der Waals surface area contributed by atoms with E-state index in [2.05, 4.69) is 20.3 Å². The zero-order valence-electron chi connectivity index (χ0n) is 23.6. The van der Waals surface area contributed by atoms with Crippen molar-refractivity contribution >= 4 is 40.3 Å². The van der Waals surface area contributed by atoms with Gasteiger partial charge in [-0.05, 0) is 59.5 Å². The molecular weight excluding hydrogens is 588 g/mol. The fourth-order valence-corrected chi connectivity index (χ4v) is 4.90. The number of amides is 1. The van der Waals surface area contributed by atoms with Crippen molar-refractivity contribution in [1.82, 2.24) is 24.8 Å². The normalized spacial score (nSPS) is 11.3. The Labute approximate surface area is 256 Å². The van der Waals surface area contributed by atoms with Gasteiger partial charge < -0.3 is 5.32 Å². The molecule has 0 unspecified atom stereocenters. The van der Waals surface area contributed by atoms with Crippen LogP contribution in [0, 0.1) is 11.6 Å². The van der Waals surface area contributed by atoms with Crippen LogP contribution in [0.5, 0.6) is 0 Å². The largest absolute Gasteiger partial charge is 0.355 e. The van der Waals surface area contributed by atoms with Gasteiger partial charge in [-0.1, -0.05) is 42.0 Å². The summed E-state index contributed by atoms with van der Waals surface area (Å²) in [7, 11) is 1.55. The van der Waals surface area contributed by atoms with E-state index in [1.54, 1.807) is 25.4 Å². The molecule has 0 aliphatic carbocycles. The van der Waals surface area contributed by atoms with Crippen LogP contribution in [0.2, 0.25) is 5.02 Å². The van der Waals surface area contributed by atoms with Crippen molar-refractivity contribution < 1.29 is 18.4 Å². The summed E-state index contributed by atoms with van der Waals surface area (Å²) in [6.07, 6.45) is 8.88. The fraction of sp³-hybridized carbons (Fsp3) is 0.152. The minimum absolute atomic E-state index is 0.0438. The summed E-state index contributed by atoms with van der Waals surface area (Å²) < 4.78 is 27.9. The lowest BCUT2D eigenvalue weighted by Gasteiger charge is -2.07. The second-order valence-corrected chi connectivity index (χ2v) is 10.4. The highest BCUT2D eigenvalue weighted by molar-refractivity contribution is 6.33. The van der Waals surface area contributed by atoms with Crippen molar-refractivity contribution in [3.05, 3.63) is 140 Å². The molecular formula is C33H26ClF2N5O3. The predicted octanol–water partition coefficient (Wildman–Crippen LogP) is 5.79. The number of benzene rings is 3. The van der Waals surface area contributed by atoms with E-state index in [0.717, 1.165) is 34.2 Å². The SMILES string of the molecule is CNC(=O)c1ccc(Cc2ncc3cc(/C=C/CCC(=O)c4cncn(Cc5ccc(F)c(F)c5)c4=O)ccc3n2)cc1Cl. The summed E-state index contributed by atoms with van der Waals surface area (Å²) in [5, 5.41) is 3.76. The van der Waals surface area contributed by atoms with Crippen LogP contribution in [0.25, 0.3) is 17.0 Å². The Hall–Kier alpha value is -5.09. The topological polar surface area (TPSA) is 107 Å². The van der Waals surface area contributed by atoms with E-state index in [1.807, 2.05) is 36.4 Å². The molecule has 0 bridgehead atoms. The van der Waals surface area contributed by atoms with Gasteiger partial charge in [0.05, 0.1) is 29.0 Å². The maximum atomic E-state index is 13.5. The Balaban J connectivity index is 1.19. The van der Waals surface area contributed by atoms with E-state index in [1.165, 1.54) is 23.2 Å². The van der Waals surface area contributed by atoms with Crippen LogP contribution in [-0.4, -0.2) is 38.3 Å². The van der Waals surface area contributed by atoms with Crippen molar-refractivity contribution in [1.29, 1.82) is 0 Å². The average molecular weight is 614 g/mol. The molecule has 2 heterocycles. The highest BCUT2D eigenvalue weighted by Gasteiger charge is 2.14. The van der Waals surface area contributed by atoms with Gasteiger partial charge in [0.1, 0.15) is 11.4 Å². The quantitative estimate of drug-likeness (QED) is 0.200. The van der Waals surface area contributed by atoms with Crippen LogP contribution >= 0.6 is 11.6 Å². The van der Waals surface area contributed by atoms with Gasteiger partial charge in [0.25, 0.3) is 11.5 Å². The number of rotatable bonds is 10. The van der Waals surface area contributed by atoms with Gasteiger partial charge >= 0.3 is 0 Å². The summed E-state index contributed by atoms with van der Waals surface area (Å²) in [5.74, 6) is -2.00. The Morgan fingerprint density at radius 3 is 2.57 bits per heavy atom. The van der Waals surface area contributed by atoms with Crippen molar-refractivity contribution in [2.24, 2.45) is 0 Å². The first kappa shape index (κ1) is 30.4. The molecule has 0 radical (unpaired) electrons. The Morgan fingerprint density at radius 1 is 0.977 bits per heavy atom. The average Bonchev–Trinajstić information content (AvgIpc) is 3.01. The molecule has 0 saturated heterocycles. The van der Waals surface area contributed by atoms with Crippen LogP contribution in [0.4, 0.5) is 8.78 Å². The maximum absolute atomic E-state index is 13.5. The molecule has 2 aromatic heterocycles. The van der Waals surface area contributed by atoms with E-state index < -0.39 is 17.2 Å². The van der Waals surface area contributed by atoms with E-state index in [9.17, 15) is 23.2 Å². The van der Waals surface area contributed by atoms with Gasteiger partial charge in [0.15, 0.2) is 17.4 Å². The molecule has 5 aromatic rings. The van der Waals surface area contributed by atoms with Gasteiger partial charge in [-0.3, -0.25) is 19.0 Å². The zero-order chi connectivity index (χ0) is 31.2. The molecule has 8 nitrogen and oxygen atoms in total. The number of nitrogens with zero attached hydrogens (tertiary/aromatic N) is 4. The summed E-state index contributed by atoms with van der Waals surface area (Å²) in [6, 6.07) is 14.3. The van der Waals surface area contributed by atoms with Crippen molar-refractivity contribution in [3.63, 3.8) is 0 Å². The number of hydrogen-bond acceptors (Lipinski definition) is 6. The predicted molar refractivity (Wildman–Crippen MR) is 164 cm³/mol. The number of hydrogen-bond donors (Lipinski definition) is 1. The fourth-order valence-electron chi connectivity index (χ4n) is 4.61. The van der Waals surface area contributed by atoms with Gasteiger partial charge in [-0.15, -0.1) is 0 Å². The number of Topliss-reactive ketones (excluding diaryl/α,β-unsaturated/α-hetero) is 1. The Kier molecular flexibility index (Phi) is 9.30. The smallest absolute Gasteiger partial charge is 0.264 e. The highest BCUT2D eigenvalue weighted by atomic mass is 35.5. The first-order valence-electron chi connectivity index (χ1n) is 13.7. The van der Waals surface area contributed by atoms with Crippen LogP contribution in [-0.2, 0) is 13.0 Å². The van der Waals surface area contributed by atoms with Crippen molar-refractivity contribution in [3.8, 4) is 0 Å². The molecule has 44 heavy (non-hydrogen) atoms. The van der Waals surface area contributed by atoms with Gasteiger partial charge in [0, 0.05) is 37.7 Å². The third-order valence-corrected chi connectivity index (χ3v) is 7.22. The number of allylic oxidation sites excluding steroid dienone is 1. The summed E-state index contributed by atoms with van der Waals surface area (Å²) in [4.78, 5) is 50.5. The molecule has 11 heteroatoms. The van der Waals surface area contributed by atoms with Crippen molar-refractivity contribution in [2.45, 2.75) is 25.8 Å². The number of halogens is 3. The molecule has 5 rings (SSSR count). The molecule has 3 aromatic carbocycles. The van der Waals surface area contributed by atoms with E-state index in [0.29, 0.717) is 34.8 Å². The van der Waals surface area contributed by atoms with Gasteiger partial charge in [-0.25, -0.2) is 23.7 Å². The van der Waals surface area contributed by atoms with Crippen LogP contribution in [0.3, 0.4) is 0 Å². The molecule has 0 atom stereocenters. The molecule has 0 aliphatic heterocycles. The number of carbonyl (C=O) groups is 2. The summed E-state index contributed by atoms with van der Waals surface area (Å²) in [6.45, 7) is -0.0438. The Bertz CT molecular complexity index is 1980. The Morgan fingerprint density at radius 2 is 1.80 bits per heavy atom.